The molecule has 7 heteroatoms. The second kappa shape index (κ2) is 5.58. The lowest BCUT2D eigenvalue weighted by Crippen LogP contribution is -2.10. The molecule has 0 amide bonds. The van der Waals surface area contributed by atoms with Gasteiger partial charge in [-0.3, -0.25) is 0 Å². The summed E-state index contributed by atoms with van der Waals surface area (Å²) in [4.78, 5) is 0. The van der Waals surface area contributed by atoms with E-state index in [4.69, 9.17) is 28.9 Å². The molecule has 0 atom stereocenters. The van der Waals surface area contributed by atoms with E-state index >= 15 is 0 Å². The SMILES string of the molecule is Nc1cc(-c2nnnn2CC2CCCC2)cc(Cl)c1Cl. The number of hydrogen-bond acceptors (Lipinski definition) is 4. The van der Waals surface area contributed by atoms with Gasteiger partial charge in [0, 0.05) is 12.1 Å². The summed E-state index contributed by atoms with van der Waals surface area (Å²) in [6.45, 7) is 0.836. The number of rotatable bonds is 3. The van der Waals surface area contributed by atoms with Gasteiger partial charge in [-0.05, 0) is 41.3 Å². The molecule has 1 aromatic carbocycles. The van der Waals surface area contributed by atoms with Gasteiger partial charge in [-0.2, -0.15) is 0 Å². The Morgan fingerprint density at radius 3 is 2.70 bits per heavy atom. The van der Waals surface area contributed by atoms with E-state index in [0.29, 0.717) is 27.5 Å². The van der Waals surface area contributed by atoms with Crippen molar-refractivity contribution in [1.29, 1.82) is 0 Å². The Balaban J connectivity index is 1.92. The molecule has 0 saturated heterocycles. The molecule has 1 heterocycles. The molecular weight excluding hydrogens is 297 g/mol. The van der Waals surface area contributed by atoms with Crippen molar-refractivity contribution in [3.63, 3.8) is 0 Å². The Labute approximate surface area is 127 Å². The van der Waals surface area contributed by atoms with E-state index in [9.17, 15) is 0 Å². The Morgan fingerprint density at radius 1 is 1.25 bits per heavy atom. The molecule has 20 heavy (non-hydrogen) atoms. The minimum atomic E-state index is 0.366. The first kappa shape index (κ1) is 13.6. The number of aromatic nitrogens is 4. The van der Waals surface area contributed by atoms with Gasteiger partial charge in [0.2, 0.25) is 0 Å². The van der Waals surface area contributed by atoms with Gasteiger partial charge in [-0.15, -0.1) is 5.10 Å². The molecule has 106 valence electrons. The zero-order valence-electron chi connectivity index (χ0n) is 10.9. The minimum absolute atomic E-state index is 0.366. The second-order valence-corrected chi connectivity index (χ2v) is 5.98. The zero-order chi connectivity index (χ0) is 14.1. The van der Waals surface area contributed by atoms with E-state index in [-0.39, 0.29) is 0 Å². The molecule has 1 fully saturated rings. The Kier molecular flexibility index (Phi) is 3.81. The molecule has 0 aliphatic heterocycles. The van der Waals surface area contributed by atoms with Crippen LogP contribution in [0.2, 0.25) is 10.0 Å². The van der Waals surface area contributed by atoms with Crippen molar-refractivity contribution in [2.45, 2.75) is 32.2 Å². The highest BCUT2D eigenvalue weighted by Crippen LogP contribution is 2.33. The molecule has 1 saturated carbocycles. The molecule has 0 spiro atoms. The van der Waals surface area contributed by atoms with Crippen LogP contribution in [0, 0.1) is 5.92 Å². The van der Waals surface area contributed by atoms with Crippen LogP contribution in [-0.2, 0) is 6.54 Å². The van der Waals surface area contributed by atoms with Crippen molar-refractivity contribution in [2.24, 2.45) is 5.92 Å². The maximum Gasteiger partial charge on any atom is 0.182 e. The average molecular weight is 312 g/mol. The summed E-state index contributed by atoms with van der Waals surface area (Å²) in [7, 11) is 0. The molecular formula is C13H15Cl2N5. The van der Waals surface area contributed by atoms with E-state index in [1.807, 2.05) is 4.68 Å². The summed E-state index contributed by atoms with van der Waals surface area (Å²) < 4.78 is 1.83. The van der Waals surface area contributed by atoms with Gasteiger partial charge in [-0.1, -0.05) is 36.0 Å². The third kappa shape index (κ3) is 2.60. The van der Waals surface area contributed by atoms with E-state index in [0.717, 1.165) is 12.1 Å². The lowest BCUT2D eigenvalue weighted by molar-refractivity contribution is 0.424. The molecule has 0 radical (unpaired) electrons. The van der Waals surface area contributed by atoms with Crippen LogP contribution < -0.4 is 5.73 Å². The summed E-state index contributed by atoms with van der Waals surface area (Å²) in [5.41, 5.74) is 7.07. The van der Waals surface area contributed by atoms with E-state index in [2.05, 4.69) is 15.5 Å². The van der Waals surface area contributed by atoms with Crippen molar-refractivity contribution >= 4 is 28.9 Å². The van der Waals surface area contributed by atoms with Crippen LogP contribution in [0.15, 0.2) is 12.1 Å². The molecule has 3 rings (SSSR count). The van der Waals surface area contributed by atoms with E-state index in [1.54, 1.807) is 12.1 Å². The van der Waals surface area contributed by atoms with E-state index in [1.165, 1.54) is 25.7 Å². The van der Waals surface area contributed by atoms with E-state index < -0.39 is 0 Å². The van der Waals surface area contributed by atoms with Crippen LogP contribution in [-0.4, -0.2) is 20.2 Å². The lowest BCUT2D eigenvalue weighted by atomic mass is 10.1. The van der Waals surface area contributed by atoms with Crippen molar-refractivity contribution in [3.8, 4) is 11.4 Å². The third-order valence-electron chi connectivity index (χ3n) is 3.75. The smallest absolute Gasteiger partial charge is 0.182 e. The predicted molar refractivity (Wildman–Crippen MR) is 79.6 cm³/mol. The Morgan fingerprint density at radius 2 is 2.00 bits per heavy atom. The van der Waals surface area contributed by atoms with Gasteiger partial charge in [0.25, 0.3) is 0 Å². The van der Waals surface area contributed by atoms with Crippen molar-refractivity contribution in [3.05, 3.63) is 22.2 Å². The number of anilines is 1. The summed E-state index contributed by atoms with van der Waals surface area (Å²) in [5, 5.41) is 12.7. The predicted octanol–water partition coefficient (Wildman–Crippen LogP) is 3.42. The zero-order valence-corrected chi connectivity index (χ0v) is 12.4. The summed E-state index contributed by atoms with van der Waals surface area (Å²) in [6, 6.07) is 3.50. The van der Waals surface area contributed by atoms with Crippen LogP contribution in [0.5, 0.6) is 0 Å². The molecule has 0 unspecified atom stereocenters. The van der Waals surface area contributed by atoms with Crippen molar-refractivity contribution < 1.29 is 0 Å². The fourth-order valence-corrected chi connectivity index (χ4v) is 3.05. The lowest BCUT2D eigenvalue weighted by Gasteiger charge is -2.11. The number of nitrogens with zero attached hydrogens (tertiary/aromatic N) is 4. The van der Waals surface area contributed by atoms with Crippen LogP contribution in [0.3, 0.4) is 0 Å². The van der Waals surface area contributed by atoms with Gasteiger partial charge in [-0.25, -0.2) is 4.68 Å². The standard InChI is InChI=1S/C13H15Cl2N5/c14-10-5-9(6-11(16)12(10)15)13-17-18-19-20(13)7-8-3-1-2-4-8/h5-6,8H,1-4,7,16H2. The average Bonchev–Trinajstić information content (AvgIpc) is 3.07. The van der Waals surface area contributed by atoms with Crippen LogP contribution >= 0.6 is 23.2 Å². The molecule has 0 bridgehead atoms. The maximum absolute atomic E-state index is 6.07. The van der Waals surface area contributed by atoms with Crippen molar-refractivity contribution in [2.75, 3.05) is 5.73 Å². The number of nitrogens with two attached hydrogens (primary N) is 1. The topological polar surface area (TPSA) is 69.6 Å². The Hall–Kier alpha value is -1.33. The number of halogens is 2. The van der Waals surface area contributed by atoms with Crippen LogP contribution in [0.25, 0.3) is 11.4 Å². The molecule has 1 aliphatic rings. The van der Waals surface area contributed by atoms with Gasteiger partial charge in [0.05, 0.1) is 15.7 Å². The van der Waals surface area contributed by atoms with Crippen molar-refractivity contribution in [1.82, 2.24) is 20.2 Å². The number of benzene rings is 1. The number of hydrogen-bond donors (Lipinski definition) is 1. The summed E-state index contributed by atoms with van der Waals surface area (Å²) >= 11 is 12.0. The number of tetrazole rings is 1. The molecule has 1 aliphatic carbocycles. The fraction of sp³-hybridized carbons (Fsp3) is 0.462. The largest absolute Gasteiger partial charge is 0.397 e. The minimum Gasteiger partial charge on any atom is -0.397 e. The molecule has 5 nitrogen and oxygen atoms in total. The first-order valence-electron chi connectivity index (χ1n) is 6.66. The highest BCUT2D eigenvalue weighted by Gasteiger charge is 2.19. The summed E-state index contributed by atoms with van der Waals surface area (Å²) in [6.07, 6.45) is 5.06. The highest BCUT2D eigenvalue weighted by molar-refractivity contribution is 6.43. The number of nitrogen functional groups attached to an aromatic ring is 1. The quantitative estimate of drug-likeness (QED) is 0.882. The highest BCUT2D eigenvalue weighted by atomic mass is 35.5. The molecule has 2 aromatic rings. The second-order valence-electron chi connectivity index (χ2n) is 5.20. The summed E-state index contributed by atoms with van der Waals surface area (Å²) in [5.74, 6) is 1.33. The normalized spacial score (nSPS) is 15.9. The first-order valence-corrected chi connectivity index (χ1v) is 7.42. The molecule has 2 N–H and O–H groups in total. The van der Waals surface area contributed by atoms with Gasteiger partial charge in [0.1, 0.15) is 0 Å². The maximum atomic E-state index is 6.07. The Bertz CT molecular complexity index is 596. The van der Waals surface area contributed by atoms with Crippen LogP contribution in [0.1, 0.15) is 25.7 Å². The fourth-order valence-electron chi connectivity index (χ4n) is 2.71. The van der Waals surface area contributed by atoms with Gasteiger partial charge < -0.3 is 5.73 Å². The van der Waals surface area contributed by atoms with Gasteiger partial charge >= 0.3 is 0 Å². The van der Waals surface area contributed by atoms with Crippen LogP contribution in [0.4, 0.5) is 5.69 Å². The van der Waals surface area contributed by atoms with Gasteiger partial charge in [0.15, 0.2) is 5.82 Å². The third-order valence-corrected chi connectivity index (χ3v) is 4.57. The monoisotopic (exact) mass is 311 g/mol. The molecule has 1 aromatic heterocycles. The first-order chi connectivity index (χ1) is 9.65.